The smallest absolute Gasteiger partial charge is 0.264 e. The molecule has 2 amide bonds. The van der Waals surface area contributed by atoms with Crippen LogP contribution >= 0.6 is 23.2 Å². The van der Waals surface area contributed by atoms with Crippen LogP contribution in [-0.4, -0.2) is 43.8 Å². The van der Waals surface area contributed by atoms with Gasteiger partial charge in [0.2, 0.25) is 11.8 Å². The van der Waals surface area contributed by atoms with Crippen molar-refractivity contribution in [1.82, 2.24) is 10.2 Å². The molecular weight excluding hydrogens is 581 g/mol. The maximum Gasteiger partial charge on any atom is 0.264 e. The normalized spacial score (nSPS) is 14.5. The Kier molecular flexibility index (Phi) is 10.00. The SMILES string of the molecule is Cc1ccc(CN(C(=O)CN(c2ccc(Cl)c(Cl)c2)S(=O)(=O)c2ccc(C)cc2)[C@@H](C)C(=O)NC2CCCC2)cc1. The van der Waals surface area contributed by atoms with Gasteiger partial charge >= 0.3 is 0 Å². The van der Waals surface area contributed by atoms with Gasteiger partial charge in [0.05, 0.1) is 20.6 Å². The van der Waals surface area contributed by atoms with Crippen LogP contribution in [0.4, 0.5) is 5.69 Å². The van der Waals surface area contributed by atoms with Crippen LogP contribution in [-0.2, 0) is 26.2 Å². The highest BCUT2D eigenvalue weighted by Crippen LogP contribution is 2.31. The van der Waals surface area contributed by atoms with Crippen molar-refractivity contribution in [3.8, 4) is 0 Å². The number of hydrogen-bond donors (Lipinski definition) is 1. The molecule has 0 aromatic heterocycles. The standard InChI is InChI=1S/C31H35Cl2N3O4S/c1-21-8-12-24(13-9-21)19-35(23(3)31(38)34-25-6-4-5-7-25)30(37)20-36(26-14-17-28(32)29(33)18-26)41(39,40)27-15-10-22(2)11-16-27/h8-18,23,25H,4-7,19-20H2,1-3H3,(H,34,38)/t23-/m0/s1. The highest BCUT2D eigenvalue weighted by Gasteiger charge is 2.33. The Labute approximate surface area is 252 Å². The quantitative estimate of drug-likeness (QED) is 0.291. The molecule has 41 heavy (non-hydrogen) atoms. The van der Waals surface area contributed by atoms with E-state index in [4.69, 9.17) is 23.2 Å². The summed E-state index contributed by atoms with van der Waals surface area (Å²) in [6, 6.07) is 17.7. The molecule has 3 aromatic carbocycles. The molecule has 0 unspecified atom stereocenters. The highest BCUT2D eigenvalue weighted by atomic mass is 35.5. The second-order valence-electron chi connectivity index (χ2n) is 10.6. The second kappa shape index (κ2) is 13.3. The summed E-state index contributed by atoms with van der Waals surface area (Å²) in [5.41, 5.74) is 2.97. The van der Waals surface area contributed by atoms with Gasteiger partial charge in [0.15, 0.2) is 0 Å². The fourth-order valence-corrected chi connectivity index (χ4v) is 6.57. The van der Waals surface area contributed by atoms with Gasteiger partial charge in [-0.2, -0.15) is 0 Å². The predicted octanol–water partition coefficient (Wildman–Crippen LogP) is 6.28. The number of halogens is 2. The molecule has 1 fully saturated rings. The Bertz CT molecular complexity index is 1490. The van der Waals surface area contributed by atoms with E-state index in [1.807, 2.05) is 38.1 Å². The number of carbonyl (C=O) groups is 2. The second-order valence-corrected chi connectivity index (χ2v) is 13.3. The molecule has 1 aliphatic carbocycles. The maximum absolute atomic E-state index is 14.0. The van der Waals surface area contributed by atoms with Gasteiger partial charge in [-0.25, -0.2) is 8.42 Å². The third-order valence-electron chi connectivity index (χ3n) is 7.42. The topological polar surface area (TPSA) is 86.8 Å². The van der Waals surface area contributed by atoms with Crippen molar-refractivity contribution in [2.45, 2.75) is 70.0 Å². The lowest BCUT2D eigenvalue weighted by Crippen LogP contribution is -2.52. The molecule has 0 bridgehead atoms. The number of anilines is 1. The average Bonchev–Trinajstić information content (AvgIpc) is 3.45. The minimum atomic E-state index is -4.19. The number of carbonyl (C=O) groups excluding carboxylic acids is 2. The van der Waals surface area contributed by atoms with Gasteiger partial charge in [-0.3, -0.25) is 13.9 Å². The summed E-state index contributed by atoms with van der Waals surface area (Å²) in [6.07, 6.45) is 3.93. The average molecular weight is 617 g/mol. The van der Waals surface area contributed by atoms with Gasteiger partial charge in [0, 0.05) is 12.6 Å². The zero-order valence-corrected chi connectivity index (χ0v) is 25.8. The van der Waals surface area contributed by atoms with Crippen molar-refractivity contribution < 1.29 is 18.0 Å². The van der Waals surface area contributed by atoms with Crippen LogP contribution < -0.4 is 9.62 Å². The minimum Gasteiger partial charge on any atom is -0.352 e. The highest BCUT2D eigenvalue weighted by molar-refractivity contribution is 7.92. The Morgan fingerprint density at radius 2 is 1.49 bits per heavy atom. The summed E-state index contributed by atoms with van der Waals surface area (Å²) in [5, 5.41) is 3.48. The number of aryl methyl sites for hydroxylation is 2. The Balaban J connectivity index is 1.70. The molecule has 7 nitrogen and oxygen atoms in total. The van der Waals surface area contributed by atoms with Crippen LogP contribution in [0.5, 0.6) is 0 Å². The van der Waals surface area contributed by atoms with Gasteiger partial charge < -0.3 is 10.2 Å². The third-order valence-corrected chi connectivity index (χ3v) is 9.95. The van der Waals surface area contributed by atoms with E-state index in [0.717, 1.165) is 46.7 Å². The first-order chi connectivity index (χ1) is 19.5. The molecule has 0 heterocycles. The monoisotopic (exact) mass is 615 g/mol. The number of nitrogens with zero attached hydrogens (tertiary/aromatic N) is 2. The largest absolute Gasteiger partial charge is 0.352 e. The molecule has 3 aromatic rings. The van der Waals surface area contributed by atoms with E-state index in [2.05, 4.69) is 5.32 Å². The van der Waals surface area contributed by atoms with Crippen molar-refractivity contribution in [2.24, 2.45) is 0 Å². The number of benzene rings is 3. The summed E-state index contributed by atoms with van der Waals surface area (Å²) in [7, 11) is -4.19. The summed E-state index contributed by atoms with van der Waals surface area (Å²) < 4.78 is 28.9. The zero-order chi connectivity index (χ0) is 29.7. The van der Waals surface area contributed by atoms with Gasteiger partial charge in [-0.1, -0.05) is 83.6 Å². The van der Waals surface area contributed by atoms with Crippen molar-refractivity contribution in [3.05, 3.63) is 93.5 Å². The molecule has 1 saturated carbocycles. The lowest BCUT2D eigenvalue weighted by atomic mass is 10.1. The first-order valence-corrected chi connectivity index (χ1v) is 15.8. The molecular formula is C31H35Cl2N3O4S. The predicted molar refractivity (Wildman–Crippen MR) is 164 cm³/mol. The molecule has 0 spiro atoms. The number of hydrogen-bond acceptors (Lipinski definition) is 4. The van der Waals surface area contributed by atoms with Crippen molar-refractivity contribution in [1.29, 1.82) is 0 Å². The maximum atomic E-state index is 14.0. The van der Waals surface area contributed by atoms with Crippen LogP contribution in [0.2, 0.25) is 10.0 Å². The Morgan fingerprint density at radius 1 is 0.902 bits per heavy atom. The van der Waals surface area contributed by atoms with Gasteiger partial charge in [-0.05, 0) is 69.5 Å². The molecule has 0 saturated heterocycles. The molecule has 4 rings (SSSR count). The van der Waals surface area contributed by atoms with Gasteiger partial charge in [-0.15, -0.1) is 0 Å². The summed E-state index contributed by atoms with van der Waals surface area (Å²) in [6.45, 7) is 5.10. The molecule has 10 heteroatoms. The lowest BCUT2D eigenvalue weighted by molar-refractivity contribution is -0.139. The van der Waals surface area contributed by atoms with Crippen LogP contribution in [0.15, 0.2) is 71.6 Å². The van der Waals surface area contributed by atoms with E-state index in [1.165, 1.54) is 35.2 Å². The van der Waals surface area contributed by atoms with Crippen LogP contribution in [0, 0.1) is 13.8 Å². The van der Waals surface area contributed by atoms with E-state index >= 15 is 0 Å². The number of rotatable bonds is 10. The number of sulfonamides is 1. The minimum absolute atomic E-state index is 0.0269. The Hall–Kier alpha value is -3.07. The molecule has 1 N–H and O–H groups in total. The first-order valence-electron chi connectivity index (χ1n) is 13.7. The Morgan fingerprint density at radius 3 is 2.07 bits per heavy atom. The number of nitrogens with one attached hydrogen (secondary N) is 1. The third kappa shape index (κ3) is 7.61. The van der Waals surface area contributed by atoms with Crippen LogP contribution in [0.1, 0.15) is 49.3 Å². The summed E-state index contributed by atoms with van der Waals surface area (Å²) in [5.74, 6) is -0.791. The van der Waals surface area contributed by atoms with Crippen molar-refractivity contribution in [2.75, 3.05) is 10.8 Å². The number of amides is 2. The van der Waals surface area contributed by atoms with E-state index in [0.29, 0.717) is 0 Å². The summed E-state index contributed by atoms with van der Waals surface area (Å²) in [4.78, 5) is 28.8. The molecule has 1 aliphatic rings. The molecule has 0 aliphatic heterocycles. The fraction of sp³-hybridized carbons (Fsp3) is 0.355. The van der Waals surface area contributed by atoms with Crippen molar-refractivity contribution in [3.63, 3.8) is 0 Å². The van der Waals surface area contributed by atoms with E-state index < -0.39 is 28.5 Å². The van der Waals surface area contributed by atoms with Crippen molar-refractivity contribution >= 4 is 50.7 Å². The van der Waals surface area contributed by atoms with Gasteiger partial charge in [0.25, 0.3) is 10.0 Å². The fourth-order valence-electron chi connectivity index (χ4n) is 4.87. The van der Waals surface area contributed by atoms with E-state index in [9.17, 15) is 18.0 Å². The van der Waals surface area contributed by atoms with E-state index in [1.54, 1.807) is 19.1 Å². The van der Waals surface area contributed by atoms with E-state index in [-0.39, 0.29) is 39.1 Å². The zero-order valence-electron chi connectivity index (χ0n) is 23.4. The first kappa shape index (κ1) is 30.9. The van der Waals surface area contributed by atoms with Crippen LogP contribution in [0.25, 0.3) is 0 Å². The van der Waals surface area contributed by atoms with Crippen LogP contribution in [0.3, 0.4) is 0 Å². The summed E-state index contributed by atoms with van der Waals surface area (Å²) >= 11 is 12.4. The van der Waals surface area contributed by atoms with Gasteiger partial charge in [0.1, 0.15) is 12.6 Å². The molecule has 0 radical (unpaired) electrons. The molecule has 1 atom stereocenters. The lowest BCUT2D eigenvalue weighted by Gasteiger charge is -2.32. The molecule has 218 valence electrons.